The summed E-state index contributed by atoms with van der Waals surface area (Å²) < 4.78 is 1.50. The van der Waals surface area contributed by atoms with Gasteiger partial charge in [-0.25, -0.2) is 4.98 Å². The molecule has 0 aromatic carbocycles. The maximum atomic E-state index is 12.2. The van der Waals surface area contributed by atoms with Crippen LogP contribution in [0.1, 0.15) is 39.0 Å². The molecular formula is C15H22N3O3S-. The maximum absolute atomic E-state index is 12.2. The molecule has 7 heteroatoms. The topological polar surface area (TPSA) is 78.3 Å². The highest BCUT2D eigenvalue weighted by atomic mass is 32.2. The molecular weight excluding hydrogens is 302 g/mol. The van der Waals surface area contributed by atoms with E-state index in [0.717, 1.165) is 44.8 Å². The number of unbranched alkanes of at least 4 members (excludes halogenated alkanes) is 1. The predicted molar refractivity (Wildman–Crippen MR) is 84.0 cm³/mol. The minimum atomic E-state index is -0.536. The quantitative estimate of drug-likeness (QED) is 0.581. The Morgan fingerprint density at radius 1 is 1.36 bits per heavy atom. The number of thioether (sulfide) groups is 1. The van der Waals surface area contributed by atoms with Crippen LogP contribution in [0.25, 0.3) is 0 Å². The van der Waals surface area contributed by atoms with E-state index in [1.54, 1.807) is 0 Å². The number of likely N-dealkylation sites (tertiary alicyclic amines) is 1. The van der Waals surface area contributed by atoms with E-state index in [0.29, 0.717) is 11.7 Å². The highest BCUT2D eigenvalue weighted by Gasteiger charge is 2.17. The Morgan fingerprint density at radius 3 is 2.77 bits per heavy atom. The molecule has 0 aliphatic carbocycles. The number of carbonyl (C=O) groups excluding carboxylic acids is 1. The van der Waals surface area contributed by atoms with Crippen LogP contribution in [0.2, 0.25) is 0 Å². The number of hydrogen-bond acceptors (Lipinski definition) is 5. The molecule has 122 valence electrons. The summed E-state index contributed by atoms with van der Waals surface area (Å²) in [6.45, 7) is 4.17. The van der Waals surface area contributed by atoms with Gasteiger partial charge < -0.3 is 10.0 Å². The van der Waals surface area contributed by atoms with Gasteiger partial charge in [-0.1, -0.05) is 25.1 Å². The van der Waals surface area contributed by atoms with Crippen LogP contribution in [-0.2, 0) is 11.3 Å². The van der Waals surface area contributed by atoms with Gasteiger partial charge in [-0.3, -0.25) is 14.2 Å². The molecule has 0 bridgehead atoms. The third-order valence-corrected chi connectivity index (χ3v) is 4.68. The lowest BCUT2D eigenvalue weighted by Gasteiger charge is -2.26. The normalized spacial score (nSPS) is 15.0. The molecule has 0 saturated carbocycles. The van der Waals surface area contributed by atoms with E-state index < -0.39 is 5.88 Å². The van der Waals surface area contributed by atoms with Crippen molar-refractivity contribution in [3.63, 3.8) is 0 Å². The summed E-state index contributed by atoms with van der Waals surface area (Å²) in [6, 6.07) is 1.01. The van der Waals surface area contributed by atoms with Crippen molar-refractivity contribution in [3.8, 4) is 5.88 Å². The standard InChI is InChI=1S/C15H23N3O3S/c1-2-3-9-18-13(20)10-12(19)16-15(18)22-11-14(21)17-7-5-4-6-8-17/h10,19H,2-9,11H2,1H3/p-1. The monoisotopic (exact) mass is 324 g/mol. The van der Waals surface area contributed by atoms with Gasteiger partial charge in [0.2, 0.25) is 5.91 Å². The van der Waals surface area contributed by atoms with Gasteiger partial charge in [0.15, 0.2) is 5.16 Å². The molecule has 1 saturated heterocycles. The maximum Gasteiger partial charge on any atom is 0.253 e. The van der Waals surface area contributed by atoms with Crippen molar-refractivity contribution in [2.75, 3.05) is 18.8 Å². The third-order valence-electron chi connectivity index (χ3n) is 3.72. The summed E-state index contributed by atoms with van der Waals surface area (Å²) in [5.74, 6) is -0.259. The van der Waals surface area contributed by atoms with Gasteiger partial charge in [-0.15, -0.1) is 0 Å². The van der Waals surface area contributed by atoms with Crippen molar-refractivity contribution >= 4 is 17.7 Å². The zero-order valence-corrected chi connectivity index (χ0v) is 13.7. The Balaban J connectivity index is 2.04. The first-order valence-corrected chi connectivity index (χ1v) is 8.80. The molecule has 22 heavy (non-hydrogen) atoms. The summed E-state index contributed by atoms with van der Waals surface area (Å²) in [5.41, 5.74) is -0.332. The molecule has 0 atom stereocenters. The largest absolute Gasteiger partial charge is 0.858 e. The molecule has 1 amide bonds. The summed E-state index contributed by atoms with van der Waals surface area (Å²) in [5, 5.41) is 11.8. The number of nitrogens with zero attached hydrogens (tertiary/aromatic N) is 3. The lowest BCUT2D eigenvalue weighted by Crippen LogP contribution is -2.37. The van der Waals surface area contributed by atoms with Crippen LogP contribution in [0, 0.1) is 0 Å². The smallest absolute Gasteiger partial charge is 0.253 e. The summed E-state index contributed by atoms with van der Waals surface area (Å²) >= 11 is 1.19. The third kappa shape index (κ3) is 4.50. The number of aromatic nitrogens is 2. The van der Waals surface area contributed by atoms with Crippen LogP contribution in [0.15, 0.2) is 16.0 Å². The van der Waals surface area contributed by atoms with Crippen LogP contribution in [0.4, 0.5) is 0 Å². The SMILES string of the molecule is CCCCn1c(SCC(=O)N2CCCCC2)nc([O-])cc1=O. The second-order valence-electron chi connectivity index (χ2n) is 5.45. The lowest BCUT2D eigenvalue weighted by atomic mass is 10.1. The molecule has 1 aromatic rings. The van der Waals surface area contributed by atoms with Crippen LogP contribution in [0.3, 0.4) is 0 Å². The van der Waals surface area contributed by atoms with Crippen LogP contribution < -0.4 is 10.7 Å². The molecule has 1 aliphatic heterocycles. The molecule has 1 fully saturated rings. The van der Waals surface area contributed by atoms with Gasteiger partial charge in [0, 0.05) is 25.7 Å². The molecule has 2 rings (SSSR count). The lowest BCUT2D eigenvalue weighted by molar-refractivity contribution is -0.276. The molecule has 0 spiro atoms. The average molecular weight is 324 g/mol. The zero-order valence-electron chi connectivity index (χ0n) is 12.9. The predicted octanol–water partition coefficient (Wildman–Crippen LogP) is 1.22. The summed E-state index contributed by atoms with van der Waals surface area (Å²) in [6.07, 6.45) is 5.06. The van der Waals surface area contributed by atoms with Gasteiger partial charge in [0.1, 0.15) is 0 Å². The van der Waals surface area contributed by atoms with Crippen molar-refractivity contribution in [1.82, 2.24) is 14.5 Å². The minimum Gasteiger partial charge on any atom is -0.858 e. The van der Waals surface area contributed by atoms with Crippen molar-refractivity contribution in [2.24, 2.45) is 0 Å². The highest BCUT2D eigenvalue weighted by molar-refractivity contribution is 7.99. The number of amides is 1. The Morgan fingerprint density at radius 2 is 2.09 bits per heavy atom. The fourth-order valence-electron chi connectivity index (χ4n) is 2.46. The Hall–Kier alpha value is -1.50. The number of piperidine rings is 1. The van der Waals surface area contributed by atoms with Gasteiger partial charge in [-0.05, 0) is 31.6 Å². The number of rotatable bonds is 6. The molecule has 6 nitrogen and oxygen atoms in total. The fourth-order valence-corrected chi connectivity index (χ4v) is 3.38. The van der Waals surface area contributed by atoms with Crippen molar-refractivity contribution in [1.29, 1.82) is 0 Å². The molecule has 1 aromatic heterocycles. The van der Waals surface area contributed by atoms with E-state index in [2.05, 4.69) is 4.98 Å². The summed E-state index contributed by atoms with van der Waals surface area (Å²) in [4.78, 5) is 29.9. The van der Waals surface area contributed by atoms with E-state index in [1.165, 1.54) is 22.7 Å². The molecule has 0 unspecified atom stereocenters. The first kappa shape index (κ1) is 16.9. The van der Waals surface area contributed by atoms with E-state index in [-0.39, 0.29) is 17.2 Å². The van der Waals surface area contributed by atoms with Gasteiger partial charge >= 0.3 is 0 Å². The number of hydrogen-bond donors (Lipinski definition) is 0. The highest BCUT2D eigenvalue weighted by Crippen LogP contribution is 2.18. The average Bonchev–Trinajstić information content (AvgIpc) is 2.52. The second kappa shape index (κ2) is 8.22. The Kier molecular flexibility index (Phi) is 6.30. The van der Waals surface area contributed by atoms with Crippen molar-refractivity contribution < 1.29 is 9.90 Å². The first-order valence-electron chi connectivity index (χ1n) is 7.81. The van der Waals surface area contributed by atoms with Gasteiger partial charge in [0.05, 0.1) is 5.75 Å². The van der Waals surface area contributed by atoms with E-state index in [1.807, 2.05) is 11.8 Å². The van der Waals surface area contributed by atoms with Gasteiger partial charge in [0.25, 0.3) is 5.56 Å². The van der Waals surface area contributed by atoms with Crippen molar-refractivity contribution in [2.45, 2.75) is 50.7 Å². The molecule has 1 aliphatic rings. The molecule has 0 N–H and O–H groups in total. The first-order chi connectivity index (χ1) is 10.6. The fraction of sp³-hybridized carbons (Fsp3) is 0.667. The van der Waals surface area contributed by atoms with Gasteiger partial charge in [-0.2, -0.15) is 0 Å². The molecule has 0 radical (unpaired) electrons. The van der Waals surface area contributed by atoms with Crippen LogP contribution in [-0.4, -0.2) is 39.2 Å². The summed E-state index contributed by atoms with van der Waals surface area (Å²) in [7, 11) is 0. The van der Waals surface area contributed by atoms with Crippen LogP contribution in [0.5, 0.6) is 5.88 Å². The van der Waals surface area contributed by atoms with E-state index in [9.17, 15) is 14.7 Å². The van der Waals surface area contributed by atoms with Crippen LogP contribution >= 0.6 is 11.8 Å². The second-order valence-corrected chi connectivity index (χ2v) is 6.39. The number of carbonyl (C=O) groups is 1. The zero-order chi connectivity index (χ0) is 15.9. The minimum absolute atomic E-state index is 0.0530. The molecule has 2 heterocycles. The van der Waals surface area contributed by atoms with Crippen molar-refractivity contribution in [3.05, 3.63) is 16.4 Å². The van der Waals surface area contributed by atoms with E-state index >= 15 is 0 Å². The Bertz CT molecular complexity index is 568. The van der Waals surface area contributed by atoms with E-state index in [4.69, 9.17) is 0 Å². The Labute approximate surface area is 134 Å².